The maximum atomic E-state index is 16.2. The van der Waals surface area contributed by atoms with Crippen LogP contribution >= 0.6 is 0 Å². The van der Waals surface area contributed by atoms with Gasteiger partial charge < -0.3 is 19.9 Å². The van der Waals surface area contributed by atoms with Crippen LogP contribution in [0.2, 0.25) is 0 Å². The van der Waals surface area contributed by atoms with E-state index in [0.29, 0.717) is 36.4 Å². The summed E-state index contributed by atoms with van der Waals surface area (Å²) in [4.78, 5) is 45.7. The van der Waals surface area contributed by atoms with Crippen molar-refractivity contribution < 1.29 is 18.3 Å². The summed E-state index contributed by atoms with van der Waals surface area (Å²) in [5.41, 5.74) is 1.89. The number of likely N-dealkylation sites (N-methyl/N-ethyl adjacent to an activating group) is 1. The summed E-state index contributed by atoms with van der Waals surface area (Å²) in [5.74, 6) is -1.29. The summed E-state index contributed by atoms with van der Waals surface area (Å²) in [6.07, 6.45) is 5.23. The number of carbonyl (C=O) groups is 1. The molecule has 0 unspecified atom stereocenters. The average molecular weight is 586 g/mol. The molecule has 5 heterocycles. The Morgan fingerprint density at radius 1 is 0.977 bits per heavy atom. The summed E-state index contributed by atoms with van der Waals surface area (Å²) in [5, 5.41) is 3.60. The highest BCUT2D eigenvalue weighted by Gasteiger charge is 2.43. The Morgan fingerprint density at radius 2 is 1.70 bits per heavy atom. The number of nitrogens with zero attached hydrogens (tertiary/aromatic N) is 6. The third kappa shape index (κ3) is 3.88. The Balaban J connectivity index is 1.53. The molecule has 3 fully saturated rings. The fourth-order valence-corrected chi connectivity index (χ4v) is 6.61. The van der Waals surface area contributed by atoms with Crippen LogP contribution in [0.3, 0.4) is 0 Å². The minimum atomic E-state index is -0.774. The van der Waals surface area contributed by atoms with E-state index in [1.54, 1.807) is 13.4 Å². The first-order valence-corrected chi connectivity index (χ1v) is 14.6. The molecule has 8 rings (SSSR count). The van der Waals surface area contributed by atoms with Crippen LogP contribution in [0.15, 0.2) is 35.4 Å². The van der Waals surface area contributed by atoms with Crippen molar-refractivity contribution in [1.29, 1.82) is 0 Å². The molecular formula is C31H29F2N7O3. The Labute approximate surface area is 245 Å². The molecule has 10 nitrogen and oxygen atoms in total. The number of amides is 1. The van der Waals surface area contributed by atoms with Crippen LogP contribution in [-0.2, 0) is 4.79 Å². The molecule has 1 saturated heterocycles. The van der Waals surface area contributed by atoms with Crippen LogP contribution in [0.5, 0.6) is 5.75 Å². The number of anilines is 2. The number of pyridine rings is 2. The second-order valence-electron chi connectivity index (χ2n) is 11.7. The van der Waals surface area contributed by atoms with Gasteiger partial charge in [-0.2, -0.15) is 0 Å². The molecule has 1 atom stereocenters. The van der Waals surface area contributed by atoms with Crippen molar-refractivity contribution in [3.63, 3.8) is 0 Å². The maximum Gasteiger partial charge on any atom is 0.283 e. The molecule has 0 spiro atoms. The number of carbonyl (C=O) groups excluding carboxylic acids is 1. The fourth-order valence-electron chi connectivity index (χ4n) is 6.61. The zero-order valence-electron chi connectivity index (χ0n) is 23.7. The number of piperazine rings is 1. The molecule has 1 N–H and O–H groups in total. The van der Waals surface area contributed by atoms with Crippen molar-refractivity contribution in [2.24, 2.45) is 0 Å². The van der Waals surface area contributed by atoms with E-state index in [0.717, 1.165) is 37.1 Å². The SMILES string of the molecule is COc1cccc(F)c1-c1nc2c(cc1F)c1c(c(=O)n2-c2c(C3CC3)ncnc2C2CC2)N(C)C(=O)[C@H]2CNCCN12. The van der Waals surface area contributed by atoms with E-state index < -0.39 is 23.2 Å². The summed E-state index contributed by atoms with van der Waals surface area (Å²) in [7, 11) is 2.96. The van der Waals surface area contributed by atoms with Crippen LogP contribution < -0.4 is 25.4 Å². The number of hydrogen-bond acceptors (Lipinski definition) is 8. The van der Waals surface area contributed by atoms with Crippen molar-refractivity contribution in [2.45, 2.75) is 43.6 Å². The van der Waals surface area contributed by atoms with E-state index in [1.807, 2.05) is 4.90 Å². The van der Waals surface area contributed by atoms with Gasteiger partial charge in [-0.05, 0) is 43.9 Å². The standard InChI is InChI=1S/C31H29F2N7O3/c1-38-28-26(39-11-10-34-13-20(39)30(38)41)17-12-19(33)25(22-18(32)4-3-5-21(22)43-2)37-29(17)40(31(28)42)27-23(15-6-7-15)35-14-36-24(27)16-8-9-16/h3-5,12,14-16,20,34H,6-11,13H2,1-2H3/t20-/m1/s1. The summed E-state index contributed by atoms with van der Waals surface area (Å²) in [6.45, 7) is 1.41. The Bertz CT molecular complexity index is 1870. The van der Waals surface area contributed by atoms with E-state index in [1.165, 1.54) is 40.8 Å². The van der Waals surface area contributed by atoms with Gasteiger partial charge >= 0.3 is 0 Å². The Hall–Kier alpha value is -4.45. The van der Waals surface area contributed by atoms with Crippen molar-refractivity contribution in [3.05, 3.63) is 64.0 Å². The summed E-state index contributed by atoms with van der Waals surface area (Å²) < 4.78 is 38.4. The lowest BCUT2D eigenvalue weighted by atomic mass is 10.0. The molecule has 220 valence electrons. The average Bonchev–Trinajstić information content (AvgIpc) is 3.93. The molecule has 0 bridgehead atoms. The molecule has 1 amide bonds. The van der Waals surface area contributed by atoms with E-state index in [9.17, 15) is 9.59 Å². The molecular weight excluding hydrogens is 556 g/mol. The summed E-state index contributed by atoms with van der Waals surface area (Å²) >= 11 is 0. The van der Waals surface area contributed by atoms with E-state index in [-0.39, 0.29) is 46.1 Å². The van der Waals surface area contributed by atoms with Crippen molar-refractivity contribution in [1.82, 2.24) is 24.8 Å². The highest BCUT2D eigenvalue weighted by molar-refractivity contribution is 6.11. The lowest BCUT2D eigenvalue weighted by molar-refractivity contribution is -0.120. The van der Waals surface area contributed by atoms with Gasteiger partial charge in [0.1, 0.15) is 35.3 Å². The minimum Gasteiger partial charge on any atom is -0.496 e. The smallest absolute Gasteiger partial charge is 0.283 e. The monoisotopic (exact) mass is 585 g/mol. The highest BCUT2D eigenvalue weighted by atomic mass is 19.1. The Kier molecular flexibility index (Phi) is 5.81. The number of fused-ring (bicyclic) bond motifs is 5. The van der Waals surface area contributed by atoms with Gasteiger partial charge in [-0.1, -0.05) is 6.07 Å². The number of rotatable bonds is 5. The number of ether oxygens (including phenoxy) is 1. The van der Waals surface area contributed by atoms with Gasteiger partial charge in [0, 0.05) is 43.9 Å². The van der Waals surface area contributed by atoms with Crippen molar-refractivity contribution in [2.75, 3.05) is 43.6 Å². The van der Waals surface area contributed by atoms with Crippen LogP contribution in [0.4, 0.5) is 20.2 Å². The van der Waals surface area contributed by atoms with Gasteiger partial charge in [0.15, 0.2) is 11.5 Å². The van der Waals surface area contributed by atoms with E-state index in [2.05, 4.69) is 15.3 Å². The number of nitrogens with one attached hydrogen (secondary N) is 1. The van der Waals surface area contributed by atoms with Gasteiger partial charge in [-0.3, -0.25) is 14.2 Å². The molecule has 2 aliphatic carbocycles. The lowest BCUT2D eigenvalue weighted by Gasteiger charge is -2.44. The fraction of sp³-hybridized carbons (Fsp3) is 0.387. The zero-order chi connectivity index (χ0) is 29.6. The molecule has 43 heavy (non-hydrogen) atoms. The largest absolute Gasteiger partial charge is 0.496 e. The number of halogens is 2. The molecule has 12 heteroatoms. The van der Waals surface area contributed by atoms with Crippen molar-refractivity contribution in [3.8, 4) is 22.7 Å². The predicted octanol–water partition coefficient (Wildman–Crippen LogP) is 3.64. The molecule has 0 radical (unpaired) electrons. The van der Waals surface area contributed by atoms with Gasteiger partial charge in [-0.25, -0.2) is 23.7 Å². The topological polar surface area (TPSA) is 105 Å². The van der Waals surface area contributed by atoms with Gasteiger partial charge in [0.05, 0.1) is 35.4 Å². The number of aromatic nitrogens is 4. The number of hydrogen-bond donors (Lipinski definition) is 1. The Morgan fingerprint density at radius 3 is 2.37 bits per heavy atom. The quantitative estimate of drug-likeness (QED) is 0.379. The molecule has 4 aliphatic rings. The first kappa shape index (κ1) is 26.2. The first-order valence-electron chi connectivity index (χ1n) is 14.6. The third-order valence-electron chi connectivity index (χ3n) is 9.00. The van der Waals surface area contributed by atoms with Gasteiger partial charge in [0.25, 0.3) is 11.5 Å². The molecule has 2 aliphatic heterocycles. The molecule has 3 aromatic heterocycles. The zero-order valence-corrected chi connectivity index (χ0v) is 23.7. The maximum absolute atomic E-state index is 16.2. The van der Waals surface area contributed by atoms with Crippen LogP contribution in [-0.4, -0.2) is 65.3 Å². The molecule has 4 aromatic rings. The second kappa shape index (κ2) is 9.53. The van der Waals surface area contributed by atoms with Gasteiger partial charge in [0.2, 0.25) is 0 Å². The van der Waals surface area contributed by atoms with Crippen LogP contribution in [0.1, 0.15) is 48.9 Å². The number of methoxy groups -OCH3 is 1. The van der Waals surface area contributed by atoms with Crippen molar-refractivity contribution >= 4 is 28.3 Å². The molecule has 1 aromatic carbocycles. The highest BCUT2D eigenvalue weighted by Crippen LogP contribution is 2.49. The minimum absolute atomic E-state index is 0.116. The van der Waals surface area contributed by atoms with E-state index in [4.69, 9.17) is 9.72 Å². The first-order chi connectivity index (χ1) is 20.9. The second-order valence-corrected chi connectivity index (χ2v) is 11.7. The van der Waals surface area contributed by atoms with Crippen LogP contribution in [0, 0.1) is 11.6 Å². The normalized spacial score (nSPS) is 19.9. The predicted molar refractivity (Wildman–Crippen MR) is 156 cm³/mol. The third-order valence-corrected chi connectivity index (χ3v) is 9.00. The van der Waals surface area contributed by atoms with Crippen LogP contribution in [0.25, 0.3) is 28.0 Å². The van der Waals surface area contributed by atoms with E-state index >= 15 is 8.78 Å². The van der Waals surface area contributed by atoms with Gasteiger partial charge in [-0.15, -0.1) is 0 Å². The lowest BCUT2D eigenvalue weighted by Crippen LogP contribution is -2.62. The number of benzene rings is 1. The molecule has 2 saturated carbocycles. The summed E-state index contributed by atoms with van der Waals surface area (Å²) in [6, 6.07) is 4.97.